The quantitative estimate of drug-likeness (QED) is 0.831. The molecule has 0 saturated carbocycles. The van der Waals surface area contributed by atoms with Gasteiger partial charge in [0.25, 0.3) is 5.91 Å². The number of carbonyl (C=O) groups excluding carboxylic acids is 1. The second-order valence-corrected chi connectivity index (χ2v) is 4.98. The van der Waals surface area contributed by atoms with E-state index in [2.05, 4.69) is 19.2 Å². The van der Waals surface area contributed by atoms with Crippen LogP contribution in [-0.2, 0) is 0 Å². The number of rotatable bonds is 6. The summed E-state index contributed by atoms with van der Waals surface area (Å²) in [6.45, 7) is 6.26. The van der Waals surface area contributed by atoms with E-state index < -0.39 is 0 Å². The number of methoxy groups -OCH3 is 1. The summed E-state index contributed by atoms with van der Waals surface area (Å²) in [5.41, 5.74) is 0.246. The van der Waals surface area contributed by atoms with Gasteiger partial charge in [0.15, 0.2) is 11.5 Å². The van der Waals surface area contributed by atoms with E-state index >= 15 is 0 Å². The molecule has 0 aliphatic rings. The highest BCUT2D eigenvalue weighted by Crippen LogP contribution is 2.29. The molecule has 1 aromatic carbocycles. The van der Waals surface area contributed by atoms with Crippen LogP contribution in [-0.4, -0.2) is 24.2 Å². The minimum absolute atomic E-state index is 0.0769. The van der Waals surface area contributed by atoms with Crippen molar-refractivity contribution in [1.29, 1.82) is 0 Å². The van der Waals surface area contributed by atoms with Gasteiger partial charge in [0.2, 0.25) is 0 Å². The predicted octanol–water partition coefficient (Wildman–Crippen LogP) is 2.96. The summed E-state index contributed by atoms with van der Waals surface area (Å²) in [6.07, 6.45) is 2.01. The van der Waals surface area contributed by atoms with E-state index in [4.69, 9.17) is 4.74 Å². The van der Waals surface area contributed by atoms with Crippen LogP contribution in [0.2, 0.25) is 0 Å². The van der Waals surface area contributed by atoms with Gasteiger partial charge >= 0.3 is 0 Å². The molecule has 0 spiro atoms. The van der Waals surface area contributed by atoms with E-state index in [0.717, 1.165) is 12.8 Å². The normalized spacial score (nSPS) is 13.7. The van der Waals surface area contributed by atoms with Crippen LogP contribution in [0, 0.1) is 5.92 Å². The number of hydrogen-bond donors (Lipinski definition) is 2. The molecule has 1 rings (SSSR count). The number of aromatic hydroxyl groups is 1. The fourth-order valence-corrected chi connectivity index (χ4v) is 2.00. The minimum Gasteiger partial charge on any atom is -0.504 e. The molecule has 0 bridgehead atoms. The molecule has 0 aliphatic heterocycles. The van der Waals surface area contributed by atoms with Gasteiger partial charge in [0, 0.05) is 6.04 Å². The maximum Gasteiger partial charge on any atom is 0.255 e. The molecule has 0 aliphatic carbocycles. The number of phenols is 1. The van der Waals surface area contributed by atoms with Crippen molar-refractivity contribution in [2.45, 2.75) is 39.7 Å². The van der Waals surface area contributed by atoms with Crippen LogP contribution in [0.5, 0.6) is 11.5 Å². The number of amides is 1. The molecular weight excluding hydrogens is 242 g/mol. The van der Waals surface area contributed by atoms with E-state index in [1.165, 1.54) is 7.11 Å². The lowest BCUT2D eigenvalue weighted by atomic mass is 10.00. The number of phenolic OH excluding ortho intramolecular Hbond substituents is 1. The van der Waals surface area contributed by atoms with Gasteiger partial charge in [-0.3, -0.25) is 4.79 Å². The summed E-state index contributed by atoms with van der Waals surface area (Å²) in [5, 5.41) is 12.8. The number of hydrogen-bond acceptors (Lipinski definition) is 3. The summed E-state index contributed by atoms with van der Waals surface area (Å²) in [6, 6.07) is 4.97. The van der Waals surface area contributed by atoms with Crippen molar-refractivity contribution < 1.29 is 14.6 Å². The molecule has 1 amide bonds. The third-order valence-electron chi connectivity index (χ3n) is 3.29. The Kier molecular flexibility index (Phi) is 5.67. The highest BCUT2D eigenvalue weighted by atomic mass is 16.5. The molecule has 4 heteroatoms. The molecule has 2 atom stereocenters. The van der Waals surface area contributed by atoms with Gasteiger partial charge in [-0.15, -0.1) is 0 Å². The fourth-order valence-electron chi connectivity index (χ4n) is 2.00. The van der Waals surface area contributed by atoms with Crippen LogP contribution in [0.1, 0.15) is 44.0 Å². The minimum atomic E-state index is -0.271. The van der Waals surface area contributed by atoms with Crippen molar-refractivity contribution in [2.24, 2.45) is 5.92 Å². The van der Waals surface area contributed by atoms with Crippen LogP contribution in [0.3, 0.4) is 0 Å². The number of benzene rings is 1. The molecule has 2 N–H and O–H groups in total. The molecule has 4 nitrogen and oxygen atoms in total. The molecule has 0 aromatic heterocycles. The molecule has 2 unspecified atom stereocenters. The first-order valence-electron chi connectivity index (χ1n) is 6.66. The summed E-state index contributed by atoms with van der Waals surface area (Å²) in [4.78, 5) is 12.1. The topological polar surface area (TPSA) is 58.6 Å². The van der Waals surface area contributed by atoms with Crippen LogP contribution in [0.4, 0.5) is 0 Å². The lowest BCUT2D eigenvalue weighted by molar-refractivity contribution is 0.0932. The highest BCUT2D eigenvalue weighted by molar-refractivity contribution is 5.97. The first-order chi connectivity index (χ1) is 8.99. The largest absolute Gasteiger partial charge is 0.504 e. The molecule has 1 aromatic rings. The monoisotopic (exact) mass is 265 g/mol. The van der Waals surface area contributed by atoms with E-state index in [1.807, 2.05) is 6.92 Å². The molecule has 0 heterocycles. The molecule has 19 heavy (non-hydrogen) atoms. The summed E-state index contributed by atoms with van der Waals surface area (Å²) in [5.74, 6) is 0.488. The van der Waals surface area contributed by atoms with Crippen molar-refractivity contribution in [3.05, 3.63) is 23.8 Å². The lowest BCUT2D eigenvalue weighted by Gasteiger charge is -2.18. The average molecular weight is 265 g/mol. The Morgan fingerprint density at radius 1 is 1.42 bits per heavy atom. The second-order valence-electron chi connectivity index (χ2n) is 4.98. The Morgan fingerprint density at radius 3 is 2.68 bits per heavy atom. The zero-order valence-electron chi connectivity index (χ0n) is 12.1. The van der Waals surface area contributed by atoms with Gasteiger partial charge < -0.3 is 15.2 Å². The van der Waals surface area contributed by atoms with E-state index in [-0.39, 0.29) is 23.3 Å². The Labute approximate surface area is 114 Å². The smallest absolute Gasteiger partial charge is 0.255 e. The number of para-hydroxylation sites is 1. The fraction of sp³-hybridized carbons (Fsp3) is 0.533. The number of nitrogens with one attached hydrogen (secondary N) is 1. The van der Waals surface area contributed by atoms with Crippen LogP contribution in [0.25, 0.3) is 0 Å². The third kappa shape index (κ3) is 4.16. The van der Waals surface area contributed by atoms with Gasteiger partial charge in [-0.2, -0.15) is 0 Å². The van der Waals surface area contributed by atoms with Crippen molar-refractivity contribution in [2.75, 3.05) is 7.11 Å². The summed E-state index contributed by atoms with van der Waals surface area (Å²) >= 11 is 0. The zero-order valence-corrected chi connectivity index (χ0v) is 12.1. The zero-order chi connectivity index (χ0) is 14.4. The standard InChI is InChI=1S/C15H23NO3/c1-5-10(2)9-11(3)16-15(18)12-7-6-8-13(19-4)14(12)17/h6-8,10-11,17H,5,9H2,1-4H3,(H,16,18). The summed E-state index contributed by atoms with van der Waals surface area (Å²) in [7, 11) is 1.46. The van der Waals surface area contributed by atoms with Gasteiger partial charge in [-0.05, 0) is 31.4 Å². The predicted molar refractivity (Wildman–Crippen MR) is 75.7 cm³/mol. The lowest BCUT2D eigenvalue weighted by Crippen LogP contribution is -2.33. The highest BCUT2D eigenvalue weighted by Gasteiger charge is 2.17. The SMILES string of the molecule is CCC(C)CC(C)NC(=O)c1cccc(OC)c1O. The first kappa shape index (κ1) is 15.3. The molecule has 0 fully saturated rings. The Balaban J connectivity index is 2.73. The van der Waals surface area contributed by atoms with Crippen molar-refractivity contribution >= 4 is 5.91 Å². The summed E-state index contributed by atoms with van der Waals surface area (Å²) < 4.78 is 4.99. The number of ether oxygens (including phenoxy) is 1. The maximum absolute atomic E-state index is 12.1. The van der Waals surface area contributed by atoms with Crippen LogP contribution < -0.4 is 10.1 Å². The van der Waals surface area contributed by atoms with Gasteiger partial charge in [-0.1, -0.05) is 26.3 Å². The van der Waals surface area contributed by atoms with Gasteiger partial charge in [-0.25, -0.2) is 0 Å². The van der Waals surface area contributed by atoms with E-state index in [1.54, 1.807) is 18.2 Å². The van der Waals surface area contributed by atoms with Crippen molar-refractivity contribution in [3.8, 4) is 11.5 Å². The maximum atomic E-state index is 12.1. The third-order valence-corrected chi connectivity index (χ3v) is 3.29. The van der Waals surface area contributed by atoms with Gasteiger partial charge in [0.1, 0.15) is 0 Å². The van der Waals surface area contributed by atoms with E-state index in [0.29, 0.717) is 11.7 Å². The van der Waals surface area contributed by atoms with Crippen molar-refractivity contribution in [1.82, 2.24) is 5.32 Å². The first-order valence-corrected chi connectivity index (χ1v) is 6.66. The van der Waals surface area contributed by atoms with Crippen LogP contribution in [0.15, 0.2) is 18.2 Å². The average Bonchev–Trinajstić information content (AvgIpc) is 2.38. The molecular formula is C15H23NO3. The molecule has 0 saturated heterocycles. The Morgan fingerprint density at radius 2 is 2.11 bits per heavy atom. The Hall–Kier alpha value is -1.71. The molecule has 106 valence electrons. The van der Waals surface area contributed by atoms with Crippen LogP contribution >= 0.6 is 0 Å². The number of carbonyl (C=O) groups is 1. The second kappa shape index (κ2) is 7.02. The Bertz CT molecular complexity index is 431. The van der Waals surface area contributed by atoms with E-state index in [9.17, 15) is 9.90 Å². The molecule has 0 radical (unpaired) electrons. The van der Waals surface area contributed by atoms with Crippen molar-refractivity contribution in [3.63, 3.8) is 0 Å². The van der Waals surface area contributed by atoms with Gasteiger partial charge in [0.05, 0.1) is 12.7 Å².